The van der Waals surface area contributed by atoms with Crippen molar-refractivity contribution in [1.82, 2.24) is 0 Å². The molecular formula is C23H24FNO2. The maximum Gasteiger partial charge on any atom is 0.310 e. The Morgan fingerprint density at radius 1 is 0.889 bits per heavy atom. The summed E-state index contributed by atoms with van der Waals surface area (Å²) in [6.45, 7) is 3.52. The summed E-state index contributed by atoms with van der Waals surface area (Å²) in [5, 5.41) is 8.89. The lowest BCUT2D eigenvalue weighted by molar-refractivity contribution is -0.138. The van der Waals surface area contributed by atoms with Crippen LogP contribution < -0.4 is 5.73 Å². The SMILES string of the molecule is CC(C(=O)O)c1ccc(-c2ccccc2)c(F)c1.CC(N)c1ccccc1. The quantitative estimate of drug-likeness (QED) is 0.652. The standard InChI is InChI=1S/C15H13FO2.C8H11N/c1-10(15(17)18)12-7-8-13(14(16)9-12)11-5-3-2-4-6-11;1-7(9)8-5-3-2-4-6-8/h2-10H,1H3,(H,17,18);2-7H,9H2,1H3. The van der Waals surface area contributed by atoms with Crippen LogP contribution in [0.5, 0.6) is 0 Å². The van der Waals surface area contributed by atoms with Gasteiger partial charge in [0.1, 0.15) is 5.82 Å². The third kappa shape index (κ3) is 5.76. The fourth-order valence-corrected chi connectivity index (χ4v) is 2.55. The maximum absolute atomic E-state index is 14.0. The lowest BCUT2D eigenvalue weighted by atomic mass is 9.97. The van der Waals surface area contributed by atoms with Crippen LogP contribution in [-0.2, 0) is 4.79 Å². The highest BCUT2D eigenvalue weighted by molar-refractivity contribution is 5.76. The van der Waals surface area contributed by atoms with E-state index in [4.69, 9.17) is 10.8 Å². The minimum absolute atomic E-state index is 0.159. The fraction of sp³-hybridized carbons (Fsp3) is 0.174. The van der Waals surface area contributed by atoms with E-state index in [1.165, 1.54) is 11.6 Å². The van der Waals surface area contributed by atoms with E-state index >= 15 is 0 Å². The second kappa shape index (κ2) is 9.64. The predicted octanol–water partition coefficient (Wildman–Crippen LogP) is 5.39. The average Bonchev–Trinajstić information content (AvgIpc) is 2.69. The summed E-state index contributed by atoms with van der Waals surface area (Å²) in [5.41, 5.74) is 8.54. The fourth-order valence-electron chi connectivity index (χ4n) is 2.55. The summed E-state index contributed by atoms with van der Waals surface area (Å²) in [7, 11) is 0. The van der Waals surface area contributed by atoms with Crippen molar-refractivity contribution in [3.05, 3.63) is 95.8 Å². The summed E-state index contributed by atoms with van der Waals surface area (Å²) in [4.78, 5) is 10.8. The van der Waals surface area contributed by atoms with Gasteiger partial charge in [-0.05, 0) is 36.6 Å². The van der Waals surface area contributed by atoms with Crippen molar-refractivity contribution in [2.45, 2.75) is 25.8 Å². The monoisotopic (exact) mass is 365 g/mol. The minimum atomic E-state index is -0.957. The van der Waals surface area contributed by atoms with E-state index in [1.807, 2.05) is 67.6 Å². The van der Waals surface area contributed by atoms with Gasteiger partial charge in [-0.3, -0.25) is 4.79 Å². The molecule has 4 heteroatoms. The van der Waals surface area contributed by atoms with Gasteiger partial charge in [-0.15, -0.1) is 0 Å². The van der Waals surface area contributed by atoms with E-state index in [1.54, 1.807) is 19.1 Å². The number of hydrogen-bond donors (Lipinski definition) is 2. The van der Waals surface area contributed by atoms with Crippen molar-refractivity contribution in [1.29, 1.82) is 0 Å². The Labute approximate surface area is 159 Å². The van der Waals surface area contributed by atoms with Gasteiger partial charge in [0, 0.05) is 11.6 Å². The molecule has 0 bridgehead atoms. The van der Waals surface area contributed by atoms with Crippen LogP contribution in [0.2, 0.25) is 0 Å². The van der Waals surface area contributed by atoms with Gasteiger partial charge in [0.05, 0.1) is 5.92 Å². The van der Waals surface area contributed by atoms with Gasteiger partial charge in [0.25, 0.3) is 0 Å². The molecule has 140 valence electrons. The van der Waals surface area contributed by atoms with Crippen LogP contribution >= 0.6 is 0 Å². The second-order valence-electron chi connectivity index (χ2n) is 6.36. The van der Waals surface area contributed by atoms with Crippen LogP contribution in [0.15, 0.2) is 78.9 Å². The molecule has 0 aliphatic heterocycles. The number of aliphatic carboxylic acids is 1. The zero-order valence-electron chi connectivity index (χ0n) is 15.5. The molecule has 0 radical (unpaired) electrons. The van der Waals surface area contributed by atoms with E-state index in [0.29, 0.717) is 11.1 Å². The molecule has 0 aromatic heterocycles. The molecule has 0 saturated carbocycles. The van der Waals surface area contributed by atoms with Crippen LogP contribution in [0, 0.1) is 5.82 Å². The molecule has 3 aromatic rings. The van der Waals surface area contributed by atoms with Crippen LogP contribution in [0.4, 0.5) is 4.39 Å². The van der Waals surface area contributed by atoms with Crippen molar-refractivity contribution >= 4 is 5.97 Å². The third-order valence-corrected chi connectivity index (χ3v) is 4.27. The lowest BCUT2D eigenvalue weighted by Crippen LogP contribution is -2.07. The summed E-state index contributed by atoms with van der Waals surface area (Å²) in [6.07, 6.45) is 0. The molecule has 3 N–H and O–H groups in total. The average molecular weight is 365 g/mol. The van der Waals surface area contributed by atoms with Crippen molar-refractivity contribution in [2.24, 2.45) is 5.73 Å². The first kappa shape index (κ1) is 20.3. The third-order valence-electron chi connectivity index (χ3n) is 4.27. The molecule has 2 atom stereocenters. The van der Waals surface area contributed by atoms with E-state index < -0.39 is 17.7 Å². The van der Waals surface area contributed by atoms with Gasteiger partial charge in [-0.2, -0.15) is 0 Å². The molecule has 0 heterocycles. The van der Waals surface area contributed by atoms with Crippen LogP contribution in [0.1, 0.15) is 36.9 Å². The van der Waals surface area contributed by atoms with Gasteiger partial charge >= 0.3 is 5.97 Å². The van der Waals surface area contributed by atoms with Crippen LogP contribution in [-0.4, -0.2) is 11.1 Å². The Hall–Kier alpha value is -2.98. The number of carboxylic acid groups (broad SMARTS) is 1. The molecule has 0 fully saturated rings. The van der Waals surface area contributed by atoms with Gasteiger partial charge in [-0.25, -0.2) is 4.39 Å². The molecule has 3 rings (SSSR count). The maximum atomic E-state index is 14.0. The highest BCUT2D eigenvalue weighted by Crippen LogP contribution is 2.26. The smallest absolute Gasteiger partial charge is 0.310 e. The summed E-state index contributed by atoms with van der Waals surface area (Å²) in [6, 6.07) is 24.0. The first-order valence-electron chi connectivity index (χ1n) is 8.78. The number of carboxylic acids is 1. The zero-order chi connectivity index (χ0) is 19.8. The predicted molar refractivity (Wildman–Crippen MR) is 107 cm³/mol. The van der Waals surface area contributed by atoms with Gasteiger partial charge < -0.3 is 10.8 Å². The Balaban J connectivity index is 0.000000244. The Bertz CT molecular complexity index is 864. The highest BCUT2D eigenvalue weighted by Gasteiger charge is 2.15. The van der Waals surface area contributed by atoms with E-state index in [2.05, 4.69) is 0 Å². The molecule has 2 unspecified atom stereocenters. The molecular weight excluding hydrogens is 341 g/mol. The number of carbonyl (C=O) groups is 1. The minimum Gasteiger partial charge on any atom is -0.481 e. The Kier molecular flexibility index (Phi) is 7.26. The number of nitrogens with two attached hydrogens (primary N) is 1. The molecule has 3 aromatic carbocycles. The molecule has 27 heavy (non-hydrogen) atoms. The highest BCUT2D eigenvalue weighted by atomic mass is 19.1. The van der Waals surface area contributed by atoms with E-state index in [0.717, 1.165) is 5.56 Å². The Morgan fingerprint density at radius 3 is 1.89 bits per heavy atom. The van der Waals surface area contributed by atoms with Gasteiger partial charge in [0.15, 0.2) is 0 Å². The van der Waals surface area contributed by atoms with Crippen molar-refractivity contribution in [3.63, 3.8) is 0 Å². The normalized spacial score (nSPS) is 12.4. The van der Waals surface area contributed by atoms with Crippen molar-refractivity contribution < 1.29 is 14.3 Å². The largest absolute Gasteiger partial charge is 0.481 e. The van der Waals surface area contributed by atoms with E-state index in [9.17, 15) is 9.18 Å². The van der Waals surface area contributed by atoms with E-state index in [-0.39, 0.29) is 6.04 Å². The molecule has 0 aliphatic rings. The first-order valence-corrected chi connectivity index (χ1v) is 8.78. The molecule has 0 aliphatic carbocycles. The first-order chi connectivity index (χ1) is 12.9. The van der Waals surface area contributed by atoms with Crippen molar-refractivity contribution in [2.75, 3.05) is 0 Å². The van der Waals surface area contributed by atoms with Gasteiger partial charge in [0.2, 0.25) is 0 Å². The van der Waals surface area contributed by atoms with Crippen LogP contribution in [0.25, 0.3) is 11.1 Å². The second-order valence-corrected chi connectivity index (χ2v) is 6.36. The molecule has 0 saturated heterocycles. The lowest BCUT2D eigenvalue weighted by Gasteiger charge is -2.09. The zero-order valence-corrected chi connectivity index (χ0v) is 15.5. The summed E-state index contributed by atoms with van der Waals surface area (Å²) in [5.74, 6) is -2.06. The summed E-state index contributed by atoms with van der Waals surface area (Å²) < 4.78 is 14.0. The molecule has 0 spiro atoms. The van der Waals surface area contributed by atoms with Crippen molar-refractivity contribution in [3.8, 4) is 11.1 Å². The summed E-state index contributed by atoms with van der Waals surface area (Å²) >= 11 is 0. The molecule has 3 nitrogen and oxygen atoms in total. The van der Waals surface area contributed by atoms with Crippen LogP contribution in [0.3, 0.4) is 0 Å². The van der Waals surface area contributed by atoms with Gasteiger partial charge in [-0.1, -0.05) is 72.8 Å². The topological polar surface area (TPSA) is 63.3 Å². The number of halogens is 1. The molecule has 0 amide bonds. The number of rotatable bonds is 4. The number of benzene rings is 3. The Morgan fingerprint density at radius 2 is 1.44 bits per heavy atom. The number of hydrogen-bond acceptors (Lipinski definition) is 2.